The van der Waals surface area contributed by atoms with Gasteiger partial charge in [-0.1, -0.05) is 26.7 Å². The third-order valence-electron chi connectivity index (χ3n) is 5.08. The number of nitrogens with one attached hydrogen (secondary N) is 1. The van der Waals surface area contributed by atoms with E-state index in [-0.39, 0.29) is 17.2 Å². The van der Waals surface area contributed by atoms with Crippen molar-refractivity contribution in [3.05, 3.63) is 21.9 Å². The maximum Gasteiger partial charge on any atom is 0.223 e. The summed E-state index contributed by atoms with van der Waals surface area (Å²) in [6.45, 7) is 6.70. The highest BCUT2D eigenvalue weighted by Gasteiger charge is 2.37. The number of amides is 1. The number of hydrogen-bond donors (Lipinski definition) is 2. The van der Waals surface area contributed by atoms with Gasteiger partial charge < -0.3 is 10.4 Å². The molecule has 0 radical (unpaired) electrons. The Bertz CT molecular complexity index is 485. The van der Waals surface area contributed by atoms with Crippen molar-refractivity contribution in [2.45, 2.75) is 70.8 Å². The van der Waals surface area contributed by atoms with Crippen LogP contribution in [0.1, 0.15) is 75.2 Å². The summed E-state index contributed by atoms with van der Waals surface area (Å²) in [6.07, 6.45) is 6.12. The molecule has 1 aliphatic rings. The summed E-state index contributed by atoms with van der Waals surface area (Å²) in [4.78, 5) is 14.6. The van der Waals surface area contributed by atoms with Crippen molar-refractivity contribution in [1.29, 1.82) is 0 Å². The van der Waals surface area contributed by atoms with Crippen LogP contribution in [0, 0.1) is 5.92 Å². The normalized spacial score (nSPS) is 18.6. The zero-order chi connectivity index (χ0) is 16.2. The van der Waals surface area contributed by atoms with Gasteiger partial charge in [-0.2, -0.15) is 0 Å². The Balaban J connectivity index is 2.10. The Kier molecular flexibility index (Phi) is 6.04. The summed E-state index contributed by atoms with van der Waals surface area (Å²) in [5.41, 5.74) is 0.0828. The largest absolute Gasteiger partial charge is 0.388 e. The lowest BCUT2D eigenvalue weighted by molar-refractivity contribution is -0.125. The molecule has 1 aromatic rings. The van der Waals surface area contributed by atoms with Crippen LogP contribution in [-0.2, 0) is 10.2 Å². The lowest BCUT2D eigenvalue weighted by Crippen LogP contribution is -2.41. The number of rotatable bonds is 7. The lowest BCUT2D eigenvalue weighted by atomic mass is 9.84. The fourth-order valence-electron chi connectivity index (χ4n) is 3.48. The summed E-state index contributed by atoms with van der Waals surface area (Å²) >= 11 is 1.71. The van der Waals surface area contributed by atoms with Gasteiger partial charge in [0.25, 0.3) is 0 Å². The highest BCUT2D eigenvalue weighted by atomic mass is 32.1. The number of aliphatic hydroxyl groups excluding tert-OH is 1. The first-order valence-electron chi connectivity index (χ1n) is 8.58. The second-order valence-corrected chi connectivity index (χ2v) is 7.71. The predicted molar refractivity (Wildman–Crippen MR) is 92.2 cm³/mol. The van der Waals surface area contributed by atoms with Crippen molar-refractivity contribution < 1.29 is 9.90 Å². The molecule has 4 heteroatoms. The molecule has 22 heavy (non-hydrogen) atoms. The van der Waals surface area contributed by atoms with Crippen LogP contribution in [-0.4, -0.2) is 17.6 Å². The molecule has 1 unspecified atom stereocenters. The second-order valence-electron chi connectivity index (χ2n) is 6.60. The Morgan fingerprint density at radius 1 is 1.32 bits per heavy atom. The Hall–Kier alpha value is -0.870. The smallest absolute Gasteiger partial charge is 0.223 e. The maximum atomic E-state index is 12.3. The summed E-state index contributed by atoms with van der Waals surface area (Å²) in [5.74, 6) is 0.332. The maximum absolute atomic E-state index is 12.3. The first-order valence-corrected chi connectivity index (χ1v) is 9.40. The van der Waals surface area contributed by atoms with Crippen LogP contribution in [0.4, 0.5) is 0 Å². The molecule has 0 bridgehead atoms. The molecule has 0 aromatic carbocycles. The lowest BCUT2D eigenvalue weighted by Gasteiger charge is -2.29. The van der Waals surface area contributed by atoms with Crippen molar-refractivity contribution in [3.8, 4) is 0 Å². The summed E-state index contributed by atoms with van der Waals surface area (Å²) in [5, 5.41) is 13.0. The number of aliphatic hydroxyl groups is 1. The van der Waals surface area contributed by atoms with Crippen molar-refractivity contribution >= 4 is 17.2 Å². The van der Waals surface area contributed by atoms with E-state index >= 15 is 0 Å². The van der Waals surface area contributed by atoms with Gasteiger partial charge in [-0.05, 0) is 44.7 Å². The Labute approximate surface area is 138 Å². The molecule has 1 aromatic heterocycles. The predicted octanol–water partition coefficient (Wildman–Crippen LogP) is 4.17. The molecule has 124 valence electrons. The molecule has 0 aliphatic heterocycles. The van der Waals surface area contributed by atoms with E-state index in [2.05, 4.69) is 25.2 Å². The average Bonchev–Trinajstić information content (AvgIpc) is 3.16. The van der Waals surface area contributed by atoms with Crippen molar-refractivity contribution in [2.24, 2.45) is 5.92 Å². The number of thiophene rings is 1. The van der Waals surface area contributed by atoms with E-state index in [0.29, 0.717) is 0 Å². The first-order chi connectivity index (χ1) is 10.5. The van der Waals surface area contributed by atoms with Crippen LogP contribution in [0.15, 0.2) is 12.1 Å². The van der Waals surface area contributed by atoms with Crippen molar-refractivity contribution in [2.75, 3.05) is 6.54 Å². The van der Waals surface area contributed by atoms with E-state index in [9.17, 15) is 9.90 Å². The van der Waals surface area contributed by atoms with E-state index in [1.54, 1.807) is 11.3 Å². The molecule has 1 saturated carbocycles. The van der Waals surface area contributed by atoms with Gasteiger partial charge in [-0.3, -0.25) is 4.79 Å². The highest BCUT2D eigenvalue weighted by Crippen LogP contribution is 2.44. The quantitative estimate of drug-likeness (QED) is 0.791. The fourth-order valence-corrected chi connectivity index (χ4v) is 4.67. The van der Waals surface area contributed by atoms with Crippen LogP contribution >= 0.6 is 11.3 Å². The SMILES string of the molecule is CCC(CC)C(=O)NCC1(c2ccc(C(C)O)s2)CCCC1. The van der Waals surface area contributed by atoms with Gasteiger partial charge in [0.2, 0.25) is 5.91 Å². The van der Waals surface area contributed by atoms with Gasteiger partial charge in [-0.25, -0.2) is 0 Å². The average molecular weight is 324 g/mol. The molecule has 1 fully saturated rings. The molecule has 1 heterocycles. The molecule has 1 atom stereocenters. The molecule has 1 aliphatic carbocycles. The summed E-state index contributed by atoms with van der Waals surface area (Å²) < 4.78 is 0. The third-order valence-corrected chi connectivity index (χ3v) is 6.58. The standard InChI is InChI=1S/C18H29NO2S/c1-4-14(5-2)17(21)19-12-18(10-6-7-11-18)16-9-8-15(22-16)13(3)20/h8-9,13-14,20H,4-7,10-12H2,1-3H3,(H,19,21). The minimum Gasteiger partial charge on any atom is -0.388 e. The molecule has 0 saturated heterocycles. The van der Waals surface area contributed by atoms with E-state index in [4.69, 9.17) is 0 Å². The molecular formula is C18H29NO2S. The first kappa shape index (κ1) is 17.5. The number of hydrogen-bond acceptors (Lipinski definition) is 3. The monoisotopic (exact) mass is 323 g/mol. The van der Waals surface area contributed by atoms with Crippen LogP contribution in [0.2, 0.25) is 0 Å². The van der Waals surface area contributed by atoms with Gasteiger partial charge in [0.15, 0.2) is 0 Å². The van der Waals surface area contributed by atoms with Crippen LogP contribution < -0.4 is 5.32 Å². The fraction of sp³-hybridized carbons (Fsp3) is 0.722. The van der Waals surface area contributed by atoms with Crippen LogP contribution in [0.5, 0.6) is 0 Å². The van der Waals surface area contributed by atoms with Gasteiger partial charge in [-0.15, -0.1) is 11.3 Å². The van der Waals surface area contributed by atoms with Crippen molar-refractivity contribution in [1.82, 2.24) is 5.32 Å². The molecule has 3 nitrogen and oxygen atoms in total. The van der Waals surface area contributed by atoms with Gasteiger partial charge >= 0.3 is 0 Å². The van der Waals surface area contributed by atoms with Gasteiger partial charge in [0.05, 0.1) is 6.10 Å². The van der Waals surface area contributed by atoms with Crippen molar-refractivity contribution in [3.63, 3.8) is 0 Å². The topological polar surface area (TPSA) is 49.3 Å². The van der Waals surface area contributed by atoms with E-state index < -0.39 is 6.10 Å². The molecular weight excluding hydrogens is 294 g/mol. The third kappa shape index (κ3) is 3.72. The molecule has 2 N–H and O–H groups in total. The molecule has 2 rings (SSSR count). The van der Waals surface area contributed by atoms with Crippen LogP contribution in [0.25, 0.3) is 0 Å². The Morgan fingerprint density at radius 3 is 2.45 bits per heavy atom. The van der Waals surface area contributed by atoms with Gasteiger partial charge in [0.1, 0.15) is 0 Å². The number of carbonyl (C=O) groups is 1. The van der Waals surface area contributed by atoms with Crippen LogP contribution in [0.3, 0.4) is 0 Å². The number of carbonyl (C=O) groups excluding carboxylic acids is 1. The Morgan fingerprint density at radius 2 is 1.95 bits per heavy atom. The second kappa shape index (κ2) is 7.60. The summed E-state index contributed by atoms with van der Waals surface area (Å²) in [6, 6.07) is 4.19. The minimum absolute atomic E-state index is 0.0828. The van der Waals surface area contributed by atoms with E-state index in [1.807, 2.05) is 13.0 Å². The van der Waals surface area contributed by atoms with E-state index in [1.165, 1.54) is 17.7 Å². The van der Waals surface area contributed by atoms with Gasteiger partial charge in [0, 0.05) is 27.6 Å². The molecule has 0 spiro atoms. The minimum atomic E-state index is -0.406. The zero-order valence-electron chi connectivity index (χ0n) is 14.0. The zero-order valence-corrected chi connectivity index (χ0v) is 14.8. The highest BCUT2D eigenvalue weighted by molar-refractivity contribution is 7.12. The van der Waals surface area contributed by atoms with E-state index in [0.717, 1.165) is 37.1 Å². The molecule has 1 amide bonds. The summed E-state index contributed by atoms with van der Waals surface area (Å²) in [7, 11) is 0.